The highest BCUT2D eigenvalue weighted by molar-refractivity contribution is 5.91. The summed E-state index contributed by atoms with van der Waals surface area (Å²) in [5.74, 6) is 0.221. The summed E-state index contributed by atoms with van der Waals surface area (Å²) in [6.07, 6.45) is 2.29. The van der Waals surface area contributed by atoms with Crippen LogP contribution < -0.4 is 5.32 Å². The lowest BCUT2D eigenvalue weighted by molar-refractivity contribution is 0.0634. The molecule has 2 heterocycles. The summed E-state index contributed by atoms with van der Waals surface area (Å²) >= 11 is 0. The maximum Gasteiger partial charge on any atom is 0.317 e. The number of benzene rings is 1. The summed E-state index contributed by atoms with van der Waals surface area (Å²) in [5, 5.41) is 2.98. The van der Waals surface area contributed by atoms with Crippen molar-refractivity contribution in [3.8, 4) is 0 Å². The number of carbonyl (C=O) groups is 2. The van der Waals surface area contributed by atoms with Crippen molar-refractivity contribution >= 4 is 11.9 Å². The summed E-state index contributed by atoms with van der Waals surface area (Å²) in [4.78, 5) is 28.1. The minimum atomic E-state index is -0.122. The van der Waals surface area contributed by atoms with Crippen molar-refractivity contribution in [2.75, 3.05) is 32.7 Å². The molecule has 0 atom stereocenters. The Morgan fingerprint density at radius 3 is 2.21 bits per heavy atom. The minimum absolute atomic E-state index is 0.0728. The molecular formula is C22H29N3O3. The number of hydrogen-bond donors (Lipinski definition) is 1. The van der Waals surface area contributed by atoms with Gasteiger partial charge in [-0.2, -0.15) is 0 Å². The molecule has 0 spiro atoms. The molecule has 3 rings (SSSR count). The second kappa shape index (κ2) is 8.50. The highest BCUT2D eigenvalue weighted by Crippen LogP contribution is 2.22. The first-order valence-corrected chi connectivity index (χ1v) is 9.79. The van der Waals surface area contributed by atoms with Crippen LogP contribution in [0.25, 0.3) is 0 Å². The van der Waals surface area contributed by atoms with Gasteiger partial charge >= 0.3 is 6.03 Å². The third-order valence-electron chi connectivity index (χ3n) is 5.10. The van der Waals surface area contributed by atoms with E-state index in [0.29, 0.717) is 38.5 Å². The summed E-state index contributed by atoms with van der Waals surface area (Å²) in [5.41, 5.74) is 2.66. The number of carbonyl (C=O) groups excluding carboxylic acids is 2. The molecule has 1 fully saturated rings. The van der Waals surface area contributed by atoms with Crippen molar-refractivity contribution in [3.05, 3.63) is 59.5 Å². The normalized spacial score (nSPS) is 14.8. The molecule has 1 saturated heterocycles. The molecule has 6 nitrogen and oxygen atoms in total. The van der Waals surface area contributed by atoms with Gasteiger partial charge in [-0.05, 0) is 35.1 Å². The zero-order valence-electron chi connectivity index (χ0n) is 16.9. The van der Waals surface area contributed by atoms with E-state index in [1.807, 2.05) is 0 Å². The van der Waals surface area contributed by atoms with Gasteiger partial charge in [0.05, 0.1) is 6.26 Å². The molecule has 1 aliphatic rings. The Morgan fingerprint density at radius 2 is 1.64 bits per heavy atom. The van der Waals surface area contributed by atoms with Gasteiger partial charge in [0.15, 0.2) is 5.76 Å². The Kier molecular flexibility index (Phi) is 6.07. The predicted molar refractivity (Wildman–Crippen MR) is 108 cm³/mol. The molecule has 1 aliphatic heterocycles. The number of rotatable bonds is 4. The van der Waals surface area contributed by atoms with Gasteiger partial charge in [-0.3, -0.25) is 4.79 Å². The number of urea groups is 1. The number of amides is 3. The Balaban J connectivity index is 1.41. The van der Waals surface area contributed by atoms with Crippen LogP contribution in [-0.4, -0.2) is 54.5 Å². The fourth-order valence-electron chi connectivity index (χ4n) is 3.27. The lowest BCUT2D eigenvalue weighted by atomic mass is 9.86. The average molecular weight is 383 g/mol. The minimum Gasteiger partial charge on any atom is -0.459 e. The summed E-state index contributed by atoms with van der Waals surface area (Å²) in [7, 11) is 0. The largest absolute Gasteiger partial charge is 0.459 e. The zero-order chi connectivity index (χ0) is 20.1. The van der Waals surface area contributed by atoms with Crippen molar-refractivity contribution in [2.24, 2.45) is 0 Å². The van der Waals surface area contributed by atoms with Crippen molar-refractivity contribution in [2.45, 2.75) is 32.6 Å². The van der Waals surface area contributed by atoms with Crippen molar-refractivity contribution in [3.63, 3.8) is 0 Å². The number of hydrogen-bond acceptors (Lipinski definition) is 3. The fraction of sp³-hybridized carbons (Fsp3) is 0.455. The van der Waals surface area contributed by atoms with Gasteiger partial charge in [0.1, 0.15) is 0 Å². The van der Waals surface area contributed by atoms with E-state index in [-0.39, 0.29) is 17.4 Å². The fourth-order valence-corrected chi connectivity index (χ4v) is 3.27. The molecule has 150 valence electrons. The Morgan fingerprint density at radius 1 is 1.00 bits per heavy atom. The highest BCUT2D eigenvalue weighted by Gasteiger charge is 2.25. The van der Waals surface area contributed by atoms with Crippen LogP contribution in [0.15, 0.2) is 47.1 Å². The maximum absolute atomic E-state index is 12.4. The van der Waals surface area contributed by atoms with Gasteiger partial charge in [-0.15, -0.1) is 0 Å². The molecule has 0 radical (unpaired) electrons. The smallest absolute Gasteiger partial charge is 0.317 e. The lowest BCUT2D eigenvalue weighted by Crippen LogP contribution is -2.53. The third-order valence-corrected chi connectivity index (χ3v) is 5.10. The van der Waals surface area contributed by atoms with Gasteiger partial charge < -0.3 is 19.5 Å². The highest BCUT2D eigenvalue weighted by atomic mass is 16.3. The van der Waals surface area contributed by atoms with Gasteiger partial charge in [0.25, 0.3) is 5.91 Å². The molecule has 0 aliphatic carbocycles. The van der Waals surface area contributed by atoms with Gasteiger partial charge in [-0.25, -0.2) is 4.79 Å². The molecule has 0 bridgehead atoms. The Labute approximate surface area is 166 Å². The number of piperazine rings is 1. The first-order chi connectivity index (χ1) is 13.3. The molecule has 1 aromatic heterocycles. The first kappa shape index (κ1) is 20.0. The van der Waals surface area contributed by atoms with Crippen LogP contribution in [0.2, 0.25) is 0 Å². The number of nitrogens with one attached hydrogen (secondary N) is 1. The molecule has 1 N–H and O–H groups in total. The van der Waals surface area contributed by atoms with E-state index >= 15 is 0 Å². The molecule has 1 aromatic carbocycles. The molecule has 3 amide bonds. The average Bonchev–Trinajstić information content (AvgIpc) is 3.22. The van der Waals surface area contributed by atoms with Crippen LogP contribution in [0.3, 0.4) is 0 Å². The number of furan rings is 1. The van der Waals surface area contributed by atoms with Crippen LogP contribution in [0.1, 0.15) is 42.5 Å². The standard InChI is InChI=1S/C22H29N3O3/c1-22(2,3)18-8-6-17(7-9-18)10-11-23-21(27)25-14-12-24(13-15-25)20(26)19-5-4-16-28-19/h4-9,16H,10-15H2,1-3H3,(H,23,27). The maximum atomic E-state index is 12.4. The molecule has 28 heavy (non-hydrogen) atoms. The van der Waals surface area contributed by atoms with Crippen LogP contribution in [0.5, 0.6) is 0 Å². The SMILES string of the molecule is CC(C)(C)c1ccc(CCNC(=O)N2CCN(C(=O)c3ccco3)CC2)cc1. The van der Waals surface area contributed by atoms with E-state index in [2.05, 4.69) is 50.4 Å². The Bertz CT molecular complexity index is 783. The number of nitrogens with zero attached hydrogens (tertiary/aromatic N) is 2. The Hall–Kier alpha value is -2.76. The first-order valence-electron chi connectivity index (χ1n) is 9.79. The lowest BCUT2D eigenvalue weighted by Gasteiger charge is -2.34. The second-order valence-corrected chi connectivity index (χ2v) is 8.19. The molecule has 6 heteroatoms. The van der Waals surface area contributed by atoms with Crippen molar-refractivity contribution in [1.82, 2.24) is 15.1 Å². The van der Waals surface area contributed by atoms with Crippen LogP contribution in [-0.2, 0) is 11.8 Å². The summed E-state index contributed by atoms with van der Waals surface area (Å²) in [6, 6.07) is 11.9. The quantitative estimate of drug-likeness (QED) is 0.881. The summed E-state index contributed by atoms with van der Waals surface area (Å²) < 4.78 is 5.16. The van der Waals surface area contributed by atoms with E-state index in [0.717, 1.165) is 6.42 Å². The van der Waals surface area contributed by atoms with Crippen LogP contribution in [0, 0.1) is 0 Å². The van der Waals surface area contributed by atoms with Gasteiger partial charge in [0, 0.05) is 32.7 Å². The van der Waals surface area contributed by atoms with E-state index in [4.69, 9.17) is 4.42 Å². The van der Waals surface area contributed by atoms with Crippen LogP contribution >= 0.6 is 0 Å². The second-order valence-electron chi connectivity index (χ2n) is 8.19. The summed E-state index contributed by atoms with van der Waals surface area (Å²) in [6.45, 7) is 9.28. The topological polar surface area (TPSA) is 65.8 Å². The molecular weight excluding hydrogens is 354 g/mol. The monoisotopic (exact) mass is 383 g/mol. The van der Waals surface area contributed by atoms with Gasteiger partial charge in [-0.1, -0.05) is 45.0 Å². The predicted octanol–water partition coefficient (Wildman–Crippen LogP) is 3.29. The van der Waals surface area contributed by atoms with E-state index in [1.54, 1.807) is 21.9 Å². The third kappa shape index (κ3) is 4.94. The van der Waals surface area contributed by atoms with E-state index < -0.39 is 0 Å². The van der Waals surface area contributed by atoms with Crippen LogP contribution in [0.4, 0.5) is 4.79 Å². The molecule has 2 aromatic rings. The zero-order valence-corrected chi connectivity index (χ0v) is 16.9. The van der Waals surface area contributed by atoms with Crippen molar-refractivity contribution in [1.29, 1.82) is 0 Å². The molecule has 0 unspecified atom stereocenters. The van der Waals surface area contributed by atoms with E-state index in [9.17, 15) is 9.59 Å². The van der Waals surface area contributed by atoms with E-state index in [1.165, 1.54) is 17.4 Å². The molecule has 0 saturated carbocycles. The van der Waals surface area contributed by atoms with Gasteiger partial charge in [0.2, 0.25) is 0 Å². The van der Waals surface area contributed by atoms with Crippen molar-refractivity contribution < 1.29 is 14.0 Å².